The number of alkyl halides is 3. The lowest BCUT2D eigenvalue weighted by Gasteiger charge is -2.39. The lowest BCUT2D eigenvalue weighted by atomic mass is 10.0. The minimum Gasteiger partial charge on any atom is -0.379 e. The summed E-state index contributed by atoms with van der Waals surface area (Å²) in [6.45, 7) is 6.58. The highest BCUT2D eigenvalue weighted by Gasteiger charge is 2.37. The molecule has 1 aromatic rings. The second-order valence-electron chi connectivity index (χ2n) is 4.99. The first-order valence-electron chi connectivity index (χ1n) is 6.04. The maximum atomic E-state index is 13.0. The van der Waals surface area contributed by atoms with Crippen LogP contribution in [0.2, 0.25) is 0 Å². The van der Waals surface area contributed by atoms with Gasteiger partial charge in [-0.1, -0.05) is 6.07 Å². The Bertz CT molecular complexity index is 440. The Morgan fingerprint density at radius 1 is 1.33 bits per heavy atom. The summed E-state index contributed by atoms with van der Waals surface area (Å²) in [5.74, 6) is 0. The van der Waals surface area contributed by atoms with Gasteiger partial charge in [0.05, 0.1) is 16.9 Å². The van der Waals surface area contributed by atoms with E-state index < -0.39 is 11.7 Å². The van der Waals surface area contributed by atoms with Crippen LogP contribution >= 0.6 is 0 Å². The molecule has 18 heavy (non-hydrogen) atoms. The highest BCUT2D eigenvalue weighted by molar-refractivity contribution is 5.77. The predicted octanol–water partition coefficient (Wildman–Crippen LogP) is 3.73. The lowest BCUT2D eigenvalue weighted by molar-refractivity contribution is -0.137. The Kier molecular flexibility index (Phi) is 3.17. The van der Waals surface area contributed by atoms with E-state index in [0.717, 1.165) is 6.07 Å². The molecular weight excluding hydrogens is 241 g/mol. The van der Waals surface area contributed by atoms with Gasteiger partial charge in [-0.25, -0.2) is 0 Å². The maximum Gasteiger partial charge on any atom is 0.418 e. The monoisotopic (exact) mass is 258 g/mol. The van der Waals surface area contributed by atoms with Crippen molar-refractivity contribution in [3.63, 3.8) is 0 Å². The molecule has 2 rings (SSSR count). The Morgan fingerprint density at radius 2 is 2.00 bits per heavy atom. The fraction of sp³-hybridized carbons (Fsp3) is 0.538. The van der Waals surface area contributed by atoms with Crippen molar-refractivity contribution in [2.75, 3.05) is 16.8 Å². The van der Waals surface area contributed by atoms with Crippen LogP contribution in [0, 0.1) is 0 Å². The Labute approximate surface area is 105 Å². The molecule has 1 aromatic carbocycles. The Morgan fingerprint density at radius 3 is 2.56 bits per heavy atom. The molecule has 0 amide bonds. The highest BCUT2D eigenvalue weighted by Crippen LogP contribution is 2.42. The van der Waals surface area contributed by atoms with Crippen molar-refractivity contribution < 1.29 is 13.2 Å². The number of benzene rings is 1. The van der Waals surface area contributed by atoms with E-state index in [4.69, 9.17) is 0 Å². The van der Waals surface area contributed by atoms with Crippen molar-refractivity contribution in [1.29, 1.82) is 0 Å². The van der Waals surface area contributed by atoms with E-state index >= 15 is 0 Å². The third-order valence-electron chi connectivity index (χ3n) is 3.14. The molecular formula is C13H17F3N2. The number of anilines is 2. The minimum absolute atomic E-state index is 0.00315. The zero-order valence-corrected chi connectivity index (χ0v) is 10.7. The number of hydrogen-bond acceptors (Lipinski definition) is 2. The molecule has 1 heterocycles. The maximum absolute atomic E-state index is 13.0. The van der Waals surface area contributed by atoms with Crippen LogP contribution in [0.25, 0.3) is 0 Å². The van der Waals surface area contributed by atoms with Gasteiger partial charge in [-0.3, -0.25) is 0 Å². The van der Waals surface area contributed by atoms with Crippen LogP contribution in [-0.2, 0) is 6.18 Å². The summed E-state index contributed by atoms with van der Waals surface area (Å²) in [5.41, 5.74) is 0.257. The molecule has 0 bridgehead atoms. The average molecular weight is 258 g/mol. The van der Waals surface area contributed by atoms with E-state index in [9.17, 15) is 13.2 Å². The molecule has 0 aromatic heterocycles. The Balaban J connectivity index is 2.55. The number of halogens is 3. The quantitative estimate of drug-likeness (QED) is 0.825. The summed E-state index contributed by atoms with van der Waals surface area (Å²) in [6.07, 6.45) is -4.32. The number of rotatable bonds is 1. The van der Waals surface area contributed by atoms with Crippen LogP contribution < -0.4 is 10.2 Å². The van der Waals surface area contributed by atoms with Gasteiger partial charge in [0.1, 0.15) is 0 Å². The standard InChI is InChI=1S/C13H17F3N2/c1-8(2)18-7-9(3)17-12-10(13(14,15)16)5-4-6-11(12)18/h4-6,8-9,17H,7H2,1-3H3. The summed E-state index contributed by atoms with van der Waals surface area (Å²) >= 11 is 0. The molecule has 1 aliphatic rings. The third-order valence-corrected chi connectivity index (χ3v) is 3.14. The molecule has 1 unspecified atom stereocenters. The summed E-state index contributed by atoms with van der Waals surface area (Å²) in [5, 5.41) is 2.96. The molecule has 0 radical (unpaired) electrons. The lowest BCUT2D eigenvalue weighted by Crippen LogP contribution is -2.44. The molecule has 1 aliphatic heterocycles. The predicted molar refractivity (Wildman–Crippen MR) is 67.0 cm³/mol. The highest BCUT2D eigenvalue weighted by atomic mass is 19.4. The molecule has 1 N–H and O–H groups in total. The van der Waals surface area contributed by atoms with Gasteiger partial charge in [0, 0.05) is 18.6 Å². The first kappa shape index (κ1) is 13.1. The van der Waals surface area contributed by atoms with Gasteiger partial charge in [0.25, 0.3) is 0 Å². The number of hydrogen-bond donors (Lipinski definition) is 1. The molecule has 100 valence electrons. The number of para-hydroxylation sites is 1. The van der Waals surface area contributed by atoms with Gasteiger partial charge in [-0.15, -0.1) is 0 Å². The van der Waals surface area contributed by atoms with E-state index in [1.807, 2.05) is 25.7 Å². The fourth-order valence-corrected chi connectivity index (χ4v) is 2.34. The summed E-state index contributed by atoms with van der Waals surface area (Å²) in [7, 11) is 0. The molecule has 0 spiro atoms. The number of nitrogens with one attached hydrogen (secondary N) is 1. The average Bonchev–Trinajstić information content (AvgIpc) is 2.25. The fourth-order valence-electron chi connectivity index (χ4n) is 2.34. The largest absolute Gasteiger partial charge is 0.418 e. The van der Waals surface area contributed by atoms with Crippen LogP contribution in [0.15, 0.2) is 18.2 Å². The zero-order chi connectivity index (χ0) is 13.5. The molecule has 0 saturated carbocycles. The van der Waals surface area contributed by atoms with Crippen LogP contribution in [0.3, 0.4) is 0 Å². The van der Waals surface area contributed by atoms with Crippen LogP contribution in [-0.4, -0.2) is 18.6 Å². The van der Waals surface area contributed by atoms with Crippen molar-refractivity contribution in [3.8, 4) is 0 Å². The first-order valence-corrected chi connectivity index (χ1v) is 6.04. The normalized spacial score (nSPS) is 19.7. The van der Waals surface area contributed by atoms with Crippen molar-refractivity contribution in [2.45, 2.75) is 39.0 Å². The van der Waals surface area contributed by atoms with E-state index in [2.05, 4.69) is 5.32 Å². The molecule has 0 aliphatic carbocycles. The molecule has 5 heteroatoms. The van der Waals surface area contributed by atoms with Crippen molar-refractivity contribution in [2.24, 2.45) is 0 Å². The first-order chi connectivity index (χ1) is 8.30. The summed E-state index contributed by atoms with van der Waals surface area (Å²) in [4.78, 5) is 2.01. The van der Waals surface area contributed by atoms with Gasteiger partial charge in [0.2, 0.25) is 0 Å². The summed E-state index contributed by atoms with van der Waals surface area (Å²) < 4.78 is 38.9. The van der Waals surface area contributed by atoms with Crippen LogP contribution in [0.4, 0.5) is 24.5 Å². The molecule has 2 nitrogen and oxygen atoms in total. The third kappa shape index (κ3) is 2.26. The van der Waals surface area contributed by atoms with E-state index in [1.54, 1.807) is 6.07 Å². The van der Waals surface area contributed by atoms with Crippen LogP contribution in [0.5, 0.6) is 0 Å². The van der Waals surface area contributed by atoms with Gasteiger partial charge in [-0.05, 0) is 32.9 Å². The molecule has 0 fully saturated rings. The van der Waals surface area contributed by atoms with E-state index in [0.29, 0.717) is 12.2 Å². The van der Waals surface area contributed by atoms with E-state index in [1.165, 1.54) is 6.07 Å². The summed E-state index contributed by atoms with van der Waals surface area (Å²) in [6, 6.07) is 4.51. The zero-order valence-electron chi connectivity index (χ0n) is 10.7. The second kappa shape index (κ2) is 4.37. The number of fused-ring (bicyclic) bond motifs is 1. The van der Waals surface area contributed by atoms with Crippen molar-refractivity contribution in [3.05, 3.63) is 23.8 Å². The van der Waals surface area contributed by atoms with Gasteiger partial charge in [-0.2, -0.15) is 13.2 Å². The van der Waals surface area contributed by atoms with Crippen molar-refractivity contribution >= 4 is 11.4 Å². The number of nitrogens with zero attached hydrogens (tertiary/aromatic N) is 1. The van der Waals surface area contributed by atoms with Gasteiger partial charge < -0.3 is 10.2 Å². The topological polar surface area (TPSA) is 15.3 Å². The van der Waals surface area contributed by atoms with Gasteiger partial charge >= 0.3 is 6.18 Å². The molecule has 1 atom stereocenters. The van der Waals surface area contributed by atoms with Crippen molar-refractivity contribution in [1.82, 2.24) is 0 Å². The molecule has 0 saturated heterocycles. The Hall–Kier alpha value is -1.39. The second-order valence-corrected chi connectivity index (χ2v) is 4.99. The van der Waals surface area contributed by atoms with Gasteiger partial charge in [0.15, 0.2) is 0 Å². The smallest absolute Gasteiger partial charge is 0.379 e. The minimum atomic E-state index is -4.32. The van der Waals surface area contributed by atoms with Crippen LogP contribution in [0.1, 0.15) is 26.3 Å². The SMILES string of the molecule is CC1CN(C(C)C)c2cccc(C(F)(F)F)c2N1. The van der Waals surface area contributed by atoms with E-state index in [-0.39, 0.29) is 17.8 Å².